The smallest absolute Gasteiger partial charge is 0.249 e. The van der Waals surface area contributed by atoms with E-state index in [0.717, 1.165) is 5.69 Å². The van der Waals surface area contributed by atoms with Crippen LogP contribution in [0, 0.1) is 0 Å². The van der Waals surface area contributed by atoms with Crippen LogP contribution in [0.1, 0.15) is 13.3 Å². The van der Waals surface area contributed by atoms with Crippen molar-refractivity contribution in [1.82, 2.24) is 5.32 Å². The van der Waals surface area contributed by atoms with Crippen molar-refractivity contribution in [1.29, 1.82) is 0 Å². The average Bonchev–Trinajstić information content (AvgIpc) is 2.28. The highest BCUT2D eigenvalue weighted by Crippen LogP contribution is 2.22. The predicted molar refractivity (Wildman–Crippen MR) is 65.4 cm³/mol. The number of nitrogens with one attached hydrogen (secondary N) is 1. The molecule has 0 radical (unpaired) electrons. The molecule has 1 aromatic carbocycles. The molecule has 5 nitrogen and oxygen atoms in total. The highest BCUT2D eigenvalue weighted by Gasteiger charge is 2.32. The first-order valence-corrected chi connectivity index (χ1v) is 5.57. The zero-order valence-electron chi connectivity index (χ0n) is 9.64. The molecule has 0 bridgehead atoms. The number of hydrogen-bond donors (Lipinski definition) is 2. The van der Waals surface area contributed by atoms with Crippen LogP contribution in [-0.4, -0.2) is 24.4 Å². The van der Waals surface area contributed by atoms with E-state index in [4.69, 9.17) is 5.73 Å². The molecule has 1 aliphatic rings. The van der Waals surface area contributed by atoms with Crippen molar-refractivity contribution in [2.24, 2.45) is 0 Å². The number of nitrogen functional groups attached to an aromatic ring is 1. The van der Waals surface area contributed by atoms with Gasteiger partial charge in [-0.05, 0) is 24.6 Å². The first-order chi connectivity index (χ1) is 8.11. The van der Waals surface area contributed by atoms with Crippen molar-refractivity contribution in [3.63, 3.8) is 0 Å². The number of nitrogens with zero attached hydrogens (tertiary/aromatic N) is 1. The van der Waals surface area contributed by atoms with Crippen LogP contribution in [0.15, 0.2) is 24.3 Å². The molecule has 0 saturated carbocycles. The normalized spacial score (nSPS) is 20.3. The fraction of sp³-hybridized carbons (Fsp3) is 0.333. The summed E-state index contributed by atoms with van der Waals surface area (Å²) in [6.07, 6.45) is 0.647. The fourth-order valence-corrected chi connectivity index (χ4v) is 2.05. The summed E-state index contributed by atoms with van der Waals surface area (Å²) in [5.74, 6) is -0.520. The quantitative estimate of drug-likeness (QED) is 0.576. The van der Waals surface area contributed by atoms with E-state index in [1.807, 2.05) is 19.1 Å². The zero-order valence-corrected chi connectivity index (χ0v) is 9.64. The van der Waals surface area contributed by atoms with Gasteiger partial charge in [-0.25, -0.2) is 0 Å². The Morgan fingerprint density at radius 1 is 1.47 bits per heavy atom. The van der Waals surface area contributed by atoms with E-state index in [1.54, 1.807) is 17.0 Å². The number of hydrogen-bond acceptors (Lipinski definition) is 4. The van der Waals surface area contributed by atoms with Gasteiger partial charge in [-0.2, -0.15) is 0 Å². The van der Waals surface area contributed by atoms with E-state index in [-0.39, 0.29) is 24.4 Å². The maximum atomic E-state index is 11.7. The molecule has 17 heavy (non-hydrogen) atoms. The van der Waals surface area contributed by atoms with Crippen molar-refractivity contribution < 1.29 is 9.59 Å². The molecule has 0 spiro atoms. The highest BCUT2D eigenvalue weighted by molar-refractivity contribution is 6.04. The van der Waals surface area contributed by atoms with Crippen LogP contribution in [0.5, 0.6) is 0 Å². The van der Waals surface area contributed by atoms with Crippen molar-refractivity contribution in [2.75, 3.05) is 17.2 Å². The third-order valence-electron chi connectivity index (χ3n) is 2.84. The molecule has 1 aliphatic heterocycles. The lowest BCUT2D eigenvalue weighted by Crippen LogP contribution is -2.58. The van der Waals surface area contributed by atoms with Crippen LogP contribution in [-0.2, 0) is 9.59 Å². The van der Waals surface area contributed by atoms with E-state index in [0.29, 0.717) is 12.1 Å². The van der Waals surface area contributed by atoms with Gasteiger partial charge in [0, 0.05) is 11.4 Å². The predicted octanol–water partition coefficient (Wildman–Crippen LogP) is 0.510. The molecule has 1 atom stereocenters. The molecule has 3 N–H and O–H groups in total. The first kappa shape index (κ1) is 11.4. The standard InChI is InChI=1S/C12H15N3O2/c1-2-10-12(17)14-11(16)7-15(10)9-5-3-4-8(13)6-9/h3-6,10H,2,7,13H2,1H3,(H,14,16,17). The molecule has 1 heterocycles. The second-order valence-corrected chi connectivity index (χ2v) is 4.06. The monoisotopic (exact) mass is 233 g/mol. The van der Waals surface area contributed by atoms with Gasteiger partial charge in [0.2, 0.25) is 11.8 Å². The molecule has 0 aliphatic carbocycles. The maximum Gasteiger partial charge on any atom is 0.249 e. The Hall–Kier alpha value is -2.04. The van der Waals surface area contributed by atoms with Crippen molar-refractivity contribution >= 4 is 23.2 Å². The van der Waals surface area contributed by atoms with Gasteiger partial charge in [-0.15, -0.1) is 0 Å². The van der Waals surface area contributed by atoms with Crippen LogP contribution in [0.2, 0.25) is 0 Å². The number of anilines is 2. The Balaban J connectivity index is 2.34. The fourth-order valence-electron chi connectivity index (χ4n) is 2.05. The number of rotatable bonds is 2. The lowest BCUT2D eigenvalue weighted by Gasteiger charge is -2.35. The number of carbonyl (C=O) groups is 2. The van der Waals surface area contributed by atoms with Gasteiger partial charge >= 0.3 is 0 Å². The molecular weight excluding hydrogens is 218 g/mol. The number of benzene rings is 1. The molecule has 1 fully saturated rings. The lowest BCUT2D eigenvalue weighted by atomic mass is 10.1. The maximum absolute atomic E-state index is 11.7. The Kier molecular flexibility index (Phi) is 2.99. The zero-order chi connectivity index (χ0) is 12.4. The Bertz CT molecular complexity index is 459. The van der Waals surface area contributed by atoms with Crippen LogP contribution >= 0.6 is 0 Å². The van der Waals surface area contributed by atoms with Crippen LogP contribution < -0.4 is 16.0 Å². The molecule has 1 aromatic rings. The van der Waals surface area contributed by atoms with E-state index in [1.165, 1.54) is 0 Å². The van der Waals surface area contributed by atoms with Gasteiger partial charge in [0.15, 0.2) is 0 Å². The first-order valence-electron chi connectivity index (χ1n) is 5.57. The number of piperazine rings is 1. The van der Waals surface area contributed by atoms with Gasteiger partial charge in [0.05, 0.1) is 6.54 Å². The largest absolute Gasteiger partial charge is 0.399 e. The van der Waals surface area contributed by atoms with Gasteiger partial charge < -0.3 is 10.6 Å². The molecule has 90 valence electrons. The summed E-state index contributed by atoms with van der Waals surface area (Å²) in [6, 6.07) is 6.90. The molecule has 2 rings (SSSR count). The number of nitrogens with two attached hydrogens (primary N) is 1. The van der Waals surface area contributed by atoms with Crippen molar-refractivity contribution in [3.05, 3.63) is 24.3 Å². The summed E-state index contributed by atoms with van der Waals surface area (Å²) in [5.41, 5.74) is 7.14. The third-order valence-corrected chi connectivity index (χ3v) is 2.84. The van der Waals surface area contributed by atoms with E-state index in [9.17, 15) is 9.59 Å². The SMILES string of the molecule is CCC1C(=O)NC(=O)CN1c1cccc(N)c1. The molecule has 1 saturated heterocycles. The average molecular weight is 233 g/mol. The van der Waals surface area contributed by atoms with Gasteiger partial charge in [0.1, 0.15) is 6.04 Å². The Morgan fingerprint density at radius 3 is 2.88 bits per heavy atom. The van der Waals surface area contributed by atoms with Gasteiger partial charge in [-0.1, -0.05) is 13.0 Å². The van der Waals surface area contributed by atoms with Crippen LogP contribution in [0.3, 0.4) is 0 Å². The summed E-state index contributed by atoms with van der Waals surface area (Å²) >= 11 is 0. The molecule has 5 heteroatoms. The second kappa shape index (κ2) is 4.45. The van der Waals surface area contributed by atoms with Crippen LogP contribution in [0.25, 0.3) is 0 Å². The van der Waals surface area contributed by atoms with Gasteiger partial charge in [0.25, 0.3) is 0 Å². The summed E-state index contributed by atoms with van der Waals surface area (Å²) in [6.45, 7) is 2.10. The number of amides is 2. The van der Waals surface area contributed by atoms with E-state index < -0.39 is 0 Å². The topological polar surface area (TPSA) is 75.4 Å². The molecule has 0 aromatic heterocycles. The summed E-state index contributed by atoms with van der Waals surface area (Å²) in [5, 5.41) is 2.34. The molecule has 2 amide bonds. The van der Waals surface area contributed by atoms with Crippen LogP contribution in [0.4, 0.5) is 11.4 Å². The van der Waals surface area contributed by atoms with Gasteiger partial charge in [-0.3, -0.25) is 14.9 Å². The van der Waals surface area contributed by atoms with E-state index >= 15 is 0 Å². The number of carbonyl (C=O) groups excluding carboxylic acids is 2. The minimum absolute atomic E-state index is 0.188. The number of imide groups is 1. The summed E-state index contributed by atoms with van der Waals surface area (Å²) in [4.78, 5) is 24.9. The Morgan fingerprint density at radius 2 is 2.24 bits per heavy atom. The molecular formula is C12H15N3O2. The summed E-state index contributed by atoms with van der Waals surface area (Å²) in [7, 11) is 0. The van der Waals surface area contributed by atoms with E-state index in [2.05, 4.69) is 5.32 Å². The lowest BCUT2D eigenvalue weighted by molar-refractivity contribution is -0.132. The molecule has 1 unspecified atom stereocenters. The van der Waals surface area contributed by atoms with Crippen molar-refractivity contribution in [2.45, 2.75) is 19.4 Å². The third kappa shape index (κ3) is 2.22. The summed E-state index contributed by atoms with van der Waals surface area (Å²) < 4.78 is 0. The minimum Gasteiger partial charge on any atom is -0.399 e. The second-order valence-electron chi connectivity index (χ2n) is 4.06. The minimum atomic E-state index is -0.311. The highest BCUT2D eigenvalue weighted by atomic mass is 16.2. The van der Waals surface area contributed by atoms with Crippen molar-refractivity contribution in [3.8, 4) is 0 Å². The Labute approximate surface area is 99.6 Å².